The minimum absolute atomic E-state index is 0.113. The molecule has 8 heteroatoms. The van der Waals surface area contributed by atoms with Crippen molar-refractivity contribution in [2.24, 2.45) is 0 Å². The summed E-state index contributed by atoms with van der Waals surface area (Å²) in [5, 5.41) is 2.64. The third-order valence-corrected chi connectivity index (χ3v) is 4.22. The first-order valence-corrected chi connectivity index (χ1v) is 8.64. The Labute approximate surface area is 130 Å². The number of nitrogens with one attached hydrogen (secondary N) is 1. The normalized spacial score (nSPS) is 12.7. The van der Waals surface area contributed by atoms with Crippen LogP contribution in [0.3, 0.4) is 0 Å². The fourth-order valence-electron chi connectivity index (χ4n) is 2.00. The fraction of sp³-hybridized carbons (Fsp3) is 0.500. The molecule has 1 unspecified atom stereocenters. The Hall–Kier alpha value is -1.67. The zero-order valence-electron chi connectivity index (χ0n) is 12.9. The predicted molar refractivity (Wildman–Crippen MR) is 82.7 cm³/mol. The molecule has 0 bridgehead atoms. The molecule has 0 heterocycles. The zero-order chi connectivity index (χ0) is 16.8. The molecule has 1 aromatic rings. The van der Waals surface area contributed by atoms with Gasteiger partial charge in [-0.25, -0.2) is 12.8 Å². The number of sulfonamides is 1. The topological polar surface area (TPSA) is 75.7 Å². The molecule has 124 valence electrons. The number of ether oxygens (including phenoxy) is 1. The predicted octanol–water partition coefficient (Wildman–Crippen LogP) is 1.13. The molecule has 1 amide bonds. The Morgan fingerprint density at radius 1 is 1.45 bits per heavy atom. The van der Waals surface area contributed by atoms with Gasteiger partial charge in [-0.1, -0.05) is 6.07 Å². The minimum Gasteiger partial charge on any atom is -0.385 e. The molecular weight excluding hydrogens is 311 g/mol. The quantitative estimate of drug-likeness (QED) is 0.724. The molecule has 6 nitrogen and oxygen atoms in total. The van der Waals surface area contributed by atoms with Crippen molar-refractivity contribution in [1.29, 1.82) is 0 Å². The SMILES string of the molecule is COCCCNC(=O)C(C)N(c1cccc(F)c1)S(C)(=O)=O. The lowest BCUT2D eigenvalue weighted by atomic mass is 10.2. The van der Waals surface area contributed by atoms with E-state index in [0.29, 0.717) is 19.6 Å². The molecule has 0 aromatic heterocycles. The number of nitrogens with zero attached hydrogens (tertiary/aromatic N) is 1. The van der Waals surface area contributed by atoms with E-state index in [1.807, 2.05) is 0 Å². The molecule has 1 aromatic carbocycles. The third-order valence-electron chi connectivity index (χ3n) is 2.98. The van der Waals surface area contributed by atoms with Crippen LogP contribution in [0.1, 0.15) is 13.3 Å². The summed E-state index contributed by atoms with van der Waals surface area (Å²) >= 11 is 0. The largest absolute Gasteiger partial charge is 0.385 e. The van der Waals surface area contributed by atoms with Crippen molar-refractivity contribution in [3.63, 3.8) is 0 Å². The highest BCUT2D eigenvalue weighted by molar-refractivity contribution is 7.92. The molecule has 0 radical (unpaired) electrons. The molecule has 0 aliphatic heterocycles. The fourth-order valence-corrected chi connectivity index (χ4v) is 3.16. The minimum atomic E-state index is -3.73. The summed E-state index contributed by atoms with van der Waals surface area (Å²) in [6.07, 6.45) is 1.60. The van der Waals surface area contributed by atoms with Gasteiger partial charge in [-0.2, -0.15) is 0 Å². The summed E-state index contributed by atoms with van der Waals surface area (Å²) in [4.78, 5) is 12.1. The summed E-state index contributed by atoms with van der Waals surface area (Å²) in [6, 6.07) is 4.14. The first-order chi connectivity index (χ1) is 10.3. The van der Waals surface area contributed by atoms with Gasteiger partial charge in [0.25, 0.3) is 0 Å². The van der Waals surface area contributed by atoms with E-state index in [9.17, 15) is 17.6 Å². The highest BCUT2D eigenvalue weighted by Gasteiger charge is 2.29. The van der Waals surface area contributed by atoms with Gasteiger partial charge in [0, 0.05) is 20.3 Å². The summed E-state index contributed by atoms with van der Waals surface area (Å²) < 4.78 is 43.0. The van der Waals surface area contributed by atoms with Crippen LogP contribution in [0, 0.1) is 5.82 Å². The molecule has 22 heavy (non-hydrogen) atoms. The Bertz CT molecular complexity index is 607. The van der Waals surface area contributed by atoms with Crippen LogP contribution < -0.4 is 9.62 Å². The van der Waals surface area contributed by atoms with Crippen LogP contribution in [0.15, 0.2) is 24.3 Å². The monoisotopic (exact) mass is 332 g/mol. The van der Waals surface area contributed by atoms with Gasteiger partial charge >= 0.3 is 0 Å². The number of hydrogen-bond donors (Lipinski definition) is 1. The highest BCUT2D eigenvalue weighted by atomic mass is 32.2. The van der Waals surface area contributed by atoms with E-state index < -0.39 is 27.8 Å². The Morgan fingerprint density at radius 2 is 2.14 bits per heavy atom. The van der Waals surface area contributed by atoms with E-state index in [4.69, 9.17) is 4.74 Å². The van der Waals surface area contributed by atoms with E-state index in [2.05, 4.69) is 5.32 Å². The lowest BCUT2D eigenvalue weighted by molar-refractivity contribution is -0.121. The maximum absolute atomic E-state index is 13.3. The van der Waals surface area contributed by atoms with Crippen molar-refractivity contribution in [3.8, 4) is 0 Å². The van der Waals surface area contributed by atoms with Crippen molar-refractivity contribution < 1.29 is 22.3 Å². The standard InChI is InChI=1S/C14H21FN2O4S/c1-11(14(18)16-8-5-9-21-2)17(22(3,19)20)13-7-4-6-12(15)10-13/h4,6-7,10-11H,5,8-9H2,1-3H3,(H,16,18). The van der Waals surface area contributed by atoms with Crippen molar-refractivity contribution in [2.45, 2.75) is 19.4 Å². The molecular formula is C14H21FN2O4S. The highest BCUT2D eigenvalue weighted by Crippen LogP contribution is 2.21. The average molecular weight is 332 g/mol. The van der Waals surface area contributed by atoms with Gasteiger partial charge < -0.3 is 10.1 Å². The van der Waals surface area contributed by atoms with E-state index in [1.165, 1.54) is 25.1 Å². The number of carbonyl (C=O) groups excluding carboxylic acids is 1. The van der Waals surface area contributed by atoms with Crippen LogP contribution >= 0.6 is 0 Å². The van der Waals surface area contributed by atoms with E-state index in [1.54, 1.807) is 7.11 Å². The summed E-state index contributed by atoms with van der Waals surface area (Å²) in [6.45, 7) is 2.32. The second kappa shape index (κ2) is 8.09. The van der Waals surface area contributed by atoms with Crippen molar-refractivity contribution in [3.05, 3.63) is 30.1 Å². The maximum atomic E-state index is 13.3. The molecule has 1 atom stereocenters. The first kappa shape index (κ1) is 18.4. The molecule has 0 fully saturated rings. The van der Waals surface area contributed by atoms with Crippen LogP contribution in [0.4, 0.5) is 10.1 Å². The molecule has 1 N–H and O–H groups in total. The maximum Gasteiger partial charge on any atom is 0.243 e. The lowest BCUT2D eigenvalue weighted by Crippen LogP contribution is -2.48. The van der Waals surface area contributed by atoms with Crippen molar-refractivity contribution in [2.75, 3.05) is 30.8 Å². The summed E-state index contributed by atoms with van der Waals surface area (Å²) in [5.74, 6) is -1.02. The Kier molecular flexibility index (Phi) is 6.76. The van der Waals surface area contributed by atoms with Gasteiger partial charge in [-0.3, -0.25) is 9.10 Å². The van der Waals surface area contributed by atoms with Gasteiger partial charge in [0.15, 0.2) is 0 Å². The third kappa shape index (κ3) is 5.27. The Morgan fingerprint density at radius 3 is 2.68 bits per heavy atom. The first-order valence-electron chi connectivity index (χ1n) is 6.79. The summed E-state index contributed by atoms with van der Waals surface area (Å²) in [7, 11) is -2.18. The lowest BCUT2D eigenvalue weighted by Gasteiger charge is -2.28. The molecule has 0 aliphatic carbocycles. The average Bonchev–Trinajstić information content (AvgIpc) is 2.42. The number of amides is 1. The summed E-state index contributed by atoms with van der Waals surface area (Å²) in [5.41, 5.74) is 0.113. The van der Waals surface area contributed by atoms with Crippen LogP contribution in [-0.4, -0.2) is 46.9 Å². The van der Waals surface area contributed by atoms with Crippen LogP contribution in [-0.2, 0) is 19.6 Å². The molecule has 0 aliphatic rings. The van der Waals surface area contributed by atoms with Crippen molar-refractivity contribution >= 4 is 21.6 Å². The second-order valence-electron chi connectivity index (χ2n) is 4.85. The zero-order valence-corrected chi connectivity index (χ0v) is 13.7. The van der Waals surface area contributed by atoms with E-state index in [0.717, 1.165) is 16.6 Å². The molecule has 0 saturated carbocycles. The van der Waals surface area contributed by atoms with Crippen LogP contribution in [0.25, 0.3) is 0 Å². The Balaban J connectivity index is 2.91. The number of anilines is 1. The smallest absolute Gasteiger partial charge is 0.243 e. The number of hydrogen-bond acceptors (Lipinski definition) is 4. The molecule has 1 rings (SSSR count). The number of benzene rings is 1. The molecule has 0 saturated heterocycles. The number of halogens is 1. The van der Waals surface area contributed by atoms with Crippen LogP contribution in [0.2, 0.25) is 0 Å². The number of rotatable bonds is 8. The van der Waals surface area contributed by atoms with Gasteiger partial charge in [0.2, 0.25) is 15.9 Å². The van der Waals surface area contributed by atoms with Gasteiger partial charge in [0.1, 0.15) is 11.9 Å². The molecule has 0 spiro atoms. The van der Waals surface area contributed by atoms with Gasteiger partial charge in [-0.05, 0) is 31.5 Å². The van der Waals surface area contributed by atoms with Gasteiger partial charge in [-0.15, -0.1) is 0 Å². The second-order valence-corrected chi connectivity index (χ2v) is 6.71. The van der Waals surface area contributed by atoms with Crippen LogP contribution in [0.5, 0.6) is 0 Å². The van der Waals surface area contributed by atoms with Crippen molar-refractivity contribution in [1.82, 2.24) is 5.32 Å². The van der Waals surface area contributed by atoms with Gasteiger partial charge in [0.05, 0.1) is 11.9 Å². The number of carbonyl (C=O) groups is 1. The van der Waals surface area contributed by atoms with E-state index >= 15 is 0 Å². The van der Waals surface area contributed by atoms with E-state index in [-0.39, 0.29) is 5.69 Å². The number of methoxy groups -OCH3 is 1.